The number of anilines is 1. The summed E-state index contributed by atoms with van der Waals surface area (Å²) < 4.78 is 1.82. The predicted molar refractivity (Wildman–Crippen MR) is 101 cm³/mol. The van der Waals surface area contributed by atoms with Gasteiger partial charge in [-0.2, -0.15) is 0 Å². The average Bonchev–Trinajstić information content (AvgIpc) is 2.58. The number of carbonyl (C=O) groups excluding carboxylic acids is 2. The minimum absolute atomic E-state index is 0.0630. The lowest BCUT2D eigenvalue weighted by molar-refractivity contribution is -0.124. The molecule has 6 heteroatoms. The van der Waals surface area contributed by atoms with Gasteiger partial charge in [0.05, 0.1) is 0 Å². The summed E-state index contributed by atoms with van der Waals surface area (Å²) in [7, 11) is 0. The van der Waals surface area contributed by atoms with Gasteiger partial charge in [-0.15, -0.1) is 0 Å². The van der Waals surface area contributed by atoms with E-state index in [1.54, 1.807) is 28.9 Å². The molecule has 0 spiro atoms. The van der Waals surface area contributed by atoms with Gasteiger partial charge in [-0.1, -0.05) is 37.9 Å². The maximum absolute atomic E-state index is 12.7. The van der Waals surface area contributed by atoms with E-state index in [0.717, 1.165) is 14.6 Å². The molecule has 1 aliphatic rings. The van der Waals surface area contributed by atoms with Crippen LogP contribution in [0.25, 0.3) is 0 Å². The third kappa shape index (κ3) is 3.39. The molecule has 1 aliphatic heterocycles. The first-order chi connectivity index (χ1) is 11.5. The highest BCUT2D eigenvalue weighted by Gasteiger charge is 2.35. The van der Waals surface area contributed by atoms with Gasteiger partial charge >= 0.3 is 0 Å². The minimum Gasteiger partial charge on any atom is -0.325 e. The summed E-state index contributed by atoms with van der Waals surface area (Å²) in [6.45, 7) is 2.78. The Morgan fingerprint density at radius 1 is 1.04 bits per heavy atom. The van der Waals surface area contributed by atoms with Crippen LogP contribution in [0.15, 0.2) is 57.5 Å². The molecule has 2 aromatic rings. The van der Waals surface area contributed by atoms with Crippen molar-refractivity contribution in [1.82, 2.24) is 4.90 Å². The summed E-state index contributed by atoms with van der Waals surface area (Å²) in [4.78, 5) is 28.8. The molecule has 1 atom stereocenters. The second-order valence-electron chi connectivity index (χ2n) is 5.65. The van der Waals surface area contributed by atoms with Crippen LogP contribution in [0.3, 0.4) is 0 Å². The number of amides is 2. The van der Waals surface area contributed by atoms with E-state index in [4.69, 9.17) is 0 Å². The molecular weight excluding hydrogens is 436 g/mol. The fraction of sp³-hybridized carbons (Fsp3) is 0.222. The number of carbonyl (C=O) groups is 2. The number of rotatable bonds is 2. The summed E-state index contributed by atoms with van der Waals surface area (Å²) >= 11 is 6.77. The first-order valence-corrected chi connectivity index (χ1v) is 9.19. The van der Waals surface area contributed by atoms with E-state index in [1.165, 1.54) is 0 Å². The lowest BCUT2D eigenvalue weighted by Gasteiger charge is -2.39. The van der Waals surface area contributed by atoms with Crippen LogP contribution in [-0.2, 0) is 4.79 Å². The maximum atomic E-state index is 12.7. The molecule has 3 rings (SSSR count). The van der Waals surface area contributed by atoms with E-state index in [2.05, 4.69) is 31.9 Å². The van der Waals surface area contributed by atoms with Crippen LogP contribution in [0.1, 0.15) is 17.3 Å². The zero-order valence-electron chi connectivity index (χ0n) is 13.1. The quantitative estimate of drug-likeness (QED) is 0.689. The highest BCUT2D eigenvalue weighted by molar-refractivity contribution is 9.10. The van der Waals surface area contributed by atoms with Crippen LogP contribution in [0.5, 0.6) is 0 Å². The van der Waals surface area contributed by atoms with E-state index in [-0.39, 0.29) is 11.8 Å². The molecule has 124 valence electrons. The summed E-state index contributed by atoms with van der Waals surface area (Å²) in [6, 6.07) is 14.4. The molecular formula is C18H16Br2N2O2. The second-order valence-corrected chi connectivity index (χ2v) is 7.48. The third-order valence-corrected chi connectivity index (χ3v) is 5.15. The van der Waals surface area contributed by atoms with Crippen molar-refractivity contribution in [3.8, 4) is 0 Å². The predicted octanol–water partition coefficient (Wildman–Crippen LogP) is 4.09. The molecule has 0 aliphatic carbocycles. The molecule has 0 N–H and O–H groups in total. The number of benzene rings is 2. The maximum Gasteiger partial charge on any atom is 0.254 e. The van der Waals surface area contributed by atoms with Gasteiger partial charge in [0.1, 0.15) is 6.04 Å². The fourth-order valence-electron chi connectivity index (χ4n) is 2.81. The molecule has 1 heterocycles. The molecule has 2 aromatic carbocycles. The highest BCUT2D eigenvalue weighted by atomic mass is 79.9. The summed E-state index contributed by atoms with van der Waals surface area (Å²) in [5.41, 5.74) is 1.44. The standard InChI is InChI=1S/C18H16Br2N2O2/c1-12-17(23)22(16-7-5-14(19)6-8-16)10-9-21(12)18(24)13-3-2-4-15(20)11-13/h2-8,11-12H,9-10H2,1H3/t12-/m0/s1. The molecule has 1 fully saturated rings. The minimum atomic E-state index is -0.492. The van der Waals surface area contributed by atoms with Crippen LogP contribution in [0, 0.1) is 0 Å². The van der Waals surface area contributed by atoms with E-state index >= 15 is 0 Å². The van der Waals surface area contributed by atoms with Gasteiger partial charge in [0.25, 0.3) is 5.91 Å². The Morgan fingerprint density at radius 3 is 2.42 bits per heavy atom. The number of piperazine rings is 1. The van der Waals surface area contributed by atoms with Gasteiger partial charge in [-0.05, 0) is 49.4 Å². The molecule has 1 saturated heterocycles. The van der Waals surface area contributed by atoms with Crippen LogP contribution in [0.2, 0.25) is 0 Å². The third-order valence-electron chi connectivity index (χ3n) is 4.13. The summed E-state index contributed by atoms with van der Waals surface area (Å²) in [5, 5.41) is 0. The van der Waals surface area contributed by atoms with Crippen molar-refractivity contribution in [1.29, 1.82) is 0 Å². The largest absolute Gasteiger partial charge is 0.325 e. The Kier molecular flexibility index (Phi) is 5.06. The second kappa shape index (κ2) is 7.07. The van der Waals surface area contributed by atoms with E-state index in [0.29, 0.717) is 18.7 Å². The number of nitrogens with zero attached hydrogens (tertiary/aromatic N) is 2. The van der Waals surface area contributed by atoms with Gasteiger partial charge in [0, 0.05) is 33.3 Å². The SMILES string of the molecule is C[C@H]1C(=O)N(c2ccc(Br)cc2)CCN1C(=O)c1cccc(Br)c1. The normalized spacial score (nSPS) is 18.0. The molecule has 0 aromatic heterocycles. The van der Waals surface area contributed by atoms with E-state index in [1.807, 2.05) is 36.4 Å². The van der Waals surface area contributed by atoms with Gasteiger partial charge in [-0.3, -0.25) is 9.59 Å². The van der Waals surface area contributed by atoms with Crippen LogP contribution in [-0.4, -0.2) is 35.8 Å². The Labute approximate surface area is 157 Å². The van der Waals surface area contributed by atoms with Crippen molar-refractivity contribution in [2.24, 2.45) is 0 Å². The monoisotopic (exact) mass is 450 g/mol. The van der Waals surface area contributed by atoms with Crippen molar-refractivity contribution in [3.05, 3.63) is 63.0 Å². The number of hydrogen-bond donors (Lipinski definition) is 0. The van der Waals surface area contributed by atoms with Crippen molar-refractivity contribution in [3.63, 3.8) is 0 Å². The molecule has 4 nitrogen and oxygen atoms in total. The zero-order valence-corrected chi connectivity index (χ0v) is 16.2. The Morgan fingerprint density at radius 2 is 1.75 bits per heavy atom. The fourth-order valence-corrected chi connectivity index (χ4v) is 3.48. The van der Waals surface area contributed by atoms with Crippen molar-refractivity contribution in [2.45, 2.75) is 13.0 Å². The van der Waals surface area contributed by atoms with E-state index < -0.39 is 6.04 Å². The highest BCUT2D eigenvalue weighted by Crippen LogP contribution is 2.24. The van der Waals surface area contributed by atoms with Gasteiger partial charge in [-0.25, -0.2) is 0 Å². The zero-order chi connectivity index (χ0) is 17.3. The first-order valence-electron chi connectivity index (χ1n) is 7.61. The van der Waals surface area contributed by atoms with Crippen molar-refractivity contribution < 1.29 is 9.59 Å². The van der Waals surface area contributed by atoms with Gasteiger partial charge in [0.15, 0.2) is 0 Å². The lowest BCUT2D eigenvalue weighted by Crippen LogP contribution is -2.57. The number of hydrogen-bond acceptors (Lipinski definition) is 2. The van der Waals surface area contributed by atoms with Crippen molar-refractivity contribution in [2.75, 3.05) is 18.0 Å². The summed E-state index contributed by atoms with van der Waals surface area (Å²) in [5.74, 6) is -0.181. The van der Waals surface area contributed by atoms with Crippen LogP contribution in [0.4, 0.5) is 5.69 Å². The van der Waals surface area contributed by atoms with Crippen LogP contribution < -0.4 is 4.90 Å². The topological polar surface area (TPSA) is 40.6 Å². The van der Waals surface area contributed by atoms with Crippen molar-refractivity contribution >= 4 is 49.4 Å². The molecule has 0 radical (unpaired) electrons. The molecule has 0 unspecified atom stereocenters. The lowest BCUT2D eigenvalue weighted by atomic mass is 10.1. The number of halogens is 2. The molecule has 0 saturated carbocycles. The Balaban J connectivity index is 1.79. The van der Waals surface area contributed by atoms with Gasteiger partial charge < -0.3 is 9.80 Å². The average molecular weight is 452 g/mol. The molecule has 0 bridgehead atoms. The Hall–Kier alpha value is -1.66. The molecule has 24 heavy (non-hydrogen) atoms. The Bertz CT molecular complexity index is 777. The van der Waals surface area contributed by atoms with E-state index in [9.17, 15) is 9.59 Å². The smallest absolute Gasteiger partial charge is 0.254 e. The first kappa shape index (κ1) is 17.2. The summed E-state index contributed by atoms with van der Waals surface area (Å²) in [6.07, 6.45) is 0. The van der Waals surface area contributed by atoms with Gasteiger partial charge in [0.2, 0.25) is 5.91 Å². The van der Waals surface area contributed by atoms with Crippen LogP contribution >= 0.6 is 31.9 Å². The molecule has 2 amide bonds.